The Kier molecular flexibility index (Phi) is 5.10. The molecule has 0 radical (unpaired) electrons. The molecule has 4 nitrogen and oxygen atoms in total. The van der Waals surface area contributed by atoms with Crippen molar-refractivity contribution in [3.8, 4) is 0 Å². The molecule has 1 aliphatic rings. The van der Waals surface area contributed by atoms with Crippen molar-refractivity contribution in [2.75, 3.05) is 33.7 Å². The summed E-state index contributed by atoms with van der Waals surface area (Å²) in [6.45, 7) is 4.13. The molecule has 23 heavy (non-hydrogen) atoms. The molecule has 1 saturated heterocycles. The number of nitrogens with one attached hydrogen (secondary N) is 1. The van der Waals surface area contributed by atoms with Gasteiger partial charge in [0.05, 0.1) is 0 Å². The number of hydrogen-bond donors (Lipinski definition) is 1. The molecule has 0 aliphatic carbocycles. The van der Waals surface area contributed by atoms with E-state index in [9.17, 15) is 4.79 Å². The van der Waals surface area contributed by atoms with Gasteiger partial charge in [-0.1, -0.05) is 18.2 Å². The highest BCUT2D eigenvalue weighted by Crippen LogP contribution is 2.26. The van der Waals surface area contributed by atoms with Crippen LogP contribution in [0.4, 0.5) is 0 Å². The molecule has 2 aromatic rings. The fourth-order valence-electron chi connectivity index (χ4n) is 3.09. The van der Waals surface area contributed by atoms with E-state index in [0.29, 0.717) is 6.04 Å². The molecule has 1 aromatic heterocycles. The Bertz CT molecular complexity index is 656. The normalized spacial score (nSPS) is 19.7. The lowest BCUT2D eigenvalue weighted by atomic mass is 10.00. The molecule has 2 heterocycles. The summed E-state index contributed by atoms with van der Waals surface area (Å²) in [5.74, 6) is -0.0271. The molecule has 1 atom stereocenters. The van der Waals surface area contributed by atoms with Gasteiger partial charge in [-0.25, -0.2) is 0 Å². The molecule has 0 saturated carbocycles. The predicted octanol–water partition coefficient (Wildman–Crippen LogP) is 2.60. The van der Waals surface area contributed by atoms with Crippen LogP contribution in [0.5, 0.6) is 0 Å². The van der Waals surface area contributed by atoms with Gasteiger partial charge in [-0.05, 0) is 36.2 Å². The number of benzene rings is 1. The third-order valence-electron chi connectivity index (χ3n) is 4.45. The first-order valence-corrected chi connectivity index (χ1v) is 8.82. The van der Waals surface area contributed by atoms with Crippen LogP contribution in [-0.2, 0) is 6.54 Å². The van der Waals surface area contributed by atoms with E-state index in [-0.39, 0.29) is 5.91 Å². The van der Waals surface area contributed by atoms with Gasteiger partial charge in [-0.3, -0.25) is 14.6 Å². The lowest BCUT2D eigenvalue weighted by Crippen LogP contribution is -2.46. The number of hydrogen-bond acceptors (Lipinski definition) is 4. The summed E-state index contributed by atoms with van der Waals surface area (Å²) in [6, 6.07) is 12.6. The monoisotopic (exact) mass is 329 g/mol. The van der Waals surface area contributed by atoms with E-state index in [4.69, 9.17) is 0 Å². The smallest absolute Gasteiger partial charge is 0.251 e. The molecule has 5 heteroatoms. The topological polar surface area (TPSA) is 35.6 Å². The molecule has 1 aliphatic heterocycles. The van der Waals surface area contributed by atoms with E-state index in [0.717, 1.165) is 31.7 Å². The Balaban J connectivity index is 1.76. The van der Waals surface area contributed by atoms with Gasteiger partial charge in [-0.15, -0.1) is 11.3 Å². The minimum absolute atomic E-state index is 0.0271. The van der Waals surface area contributed by atoms with Crippen molar-refractivity contribution < 1.29 is 4.79 Å². The highest BCUT2D eigenvalue weighted by molar-refractivity contribution is 7.09. The SMILES string of the molecule is CNC(=O)c1cccc([C@@H]2CN(Cc3cccs3)CCN2C)c1. The van der Waals surface area contributed by atoms with Gasteiger partial charge < -0.3 is 5.32 Å². The van der Waals surface area contributed by atoms with E-state index < -0.39 is 0 Å². The molecule has 0 bridgehead atoms. The van der Waals surface area contributed by atoms with Crippen molar-refractivity contribution in [1.82, 2.24) is 15.1 Å². The highest BCUT2D eigenvalue weighted by Gasteiger charge is 2.26. The van der Waals surface area contributed by atoms with E-state index in [1.807, 2.05) is 29.5 Å². The summed E-state index contributed by atoms with van der Waals surface area (Å²) in [5, 5.41) is 4.83. The lowest BCUT2D eigenvalue weighted by Gasteiger charge is -2.39. The summed E-state index contributed by atoms with van der Waals surface area (Å²) in [6.07, 6.45) is 0. The number of piperazine rings is 1. The van der Waals surface area contributed by atoms with Crippen LogP contribution < -0.4 is 5.32 Å². The molecule has 1 aromatic carbocycles. The molecule has 0 spiro atoms. The Labute approximate surface area is 141 Å². The Hall–Kier alpha value is -1.69. The van der Waals surface area contributed by atoms with Crippen LogP contribution in [0.3, 0.4) is 0 Å². The maximum absolute atomic E-state index is 11.9. The number of thiophene rings is 1. The molecule has 1 fully saturated rings. The van der Waals surface area contributed by atoms with E-state index in [1.54, 1.807) is 7.05 Å². The zero-order valence-electron chi connectivity index (χ0n) is 13.7. The lowest BCUT2D eigenvalue weighted by molar-refractivity contribution is 0.0908. The number of carbonyl (C=O) groups excluding carboxylic acids is 1. The van der Waals surface area contributed by atoms with Gasteiger partial charge in [0.15, 0.2) is 0 Å². The molecule has 3 rings (SSSR count). The van der Waals surface area contributed by atoms with Gasteiger partial charge in [0.1, 0.15) is 0 Å². The Morgan fingerprint density at radius 1 is 1.30 bits per heavy atom. The second-order valence-electron chi connectivity index (χ2n) is 6.02. The van der Waals surface area contributed by atoms with Crippen molar-refractivity contribution >= 4 is 17.2 Å². The average Bonchev–Trinajstić information content (AvgIpc) is 3.09. The Morgan fingerprint density at radius 2 is 2.17 bits per heavy atom. The molecule has 122 valence electrons. The fourth-order valence-corrected chi connectivity index (χ4v) is 3.83. The van der Waals surface area contributed by atoms with E-state index in [1.165, 1.54) is 10.4 Å². The van der Waals surface area contributed by atoms with Crippen LogP contribution in [0, 0.1) is 0 Å². The van der Waals surface area contributed by atoms with Gasteiger partial charge in [0.2, 0.25) is 0 Å². The van der Waals surface area contributed by atoms with Crippen molar-refractivity contribution in [3.63, 3.8) is 0 Å². The highest BCUT2D eigenvalue weighted by atomic mass is 32.1. The second kappa shape index (κ2) is 7.25. The first-order chi connectivity index (χ1) is 11.2. The Morgan fingerprint density at radius 3 is 2.91 bits per heavy atom. The summed E-state index contributed by atoms with van der Waals surface area (Å²) >= 11 is 1.82. The first-order valence-electron chi connectivity index (χ1n) is 7.94. The summed E-state index contributed by atoms with van der Waals surface area (Å²) in [5.41, 5.74) is 1.94. The maximum Gasteiger partial charge on any atom is 0.251 e. The third-order valence-corrected chi connectivity index (χ3v) is 5.31. The maximum atomic E-state index is 11.9. The van der Waals surface area contributed by atoms with Crippen molar-refractivity contribution in [2.45, 2.75) is 12.6 Å². The quantitative estimate of drug-likeness (QED) is 0.936. The van der Waals surface area contributed by atoms with Crippen molar-refractivity contribution in [1.29, 1.82) is 0 Å². The zero-order chi connectivity index (χ0) is 16.2. The number of rotatable bonds is 4. The number of likely N-dealkylation sites (N-methyl/N-ethyl adjacent to an activating group) is 1. The van der Waals surface area contributed by atoms with E-state index in [2.05, 4.69) is 45.7 Å². The summed E-state index contributed by atoms with van der Waals surface area (Å²) in [7, 11) is 3.84. The second-order valence-corrected chi connectivity index (χ2v) is 7.05. The molecule has 1 amide bonds. The number of carbonyl (C=O) groups is 1. The minimum atomic E-state index is -0.0271. The minimum Gasteiger partial charge on any atom is -0.355 e. The molecular formula is C18H23N3OS. The standard InChI is InChI=1S/C18H23N3OS/c1-19-18(22)15-6-3-5-14(11-15)17-13-21(9-8-20(17)2)12-16-7-4-10-23-16/h3-7,10-11,17H,8-9,12-13H2,1-2H3,(H,19,22)/t17-/m0/s1. The van der Waals surface area contributed by atoms with Crippen LogP contribution in [0.1, 0.15) is 26.8 Å². The molecule has 0 unspecified atom stereocenters. The van der Waals surface area contributed by atoms with Crippen LogP contribution in [-0.4, -0.2) is 49.4 Å². The third kappa shape index (κ3) is 3.80. The van der Waals surface area contributed by atoms with E-state index >= 15 is 0 Å². The summed E-state index contributed by atoms with van der Waals surface area (Å²) < 4.78 is 0. The number of amides is 1. The summed E-state index contributed by atoms with van der Waals surface area (Å²) in [4.78, 5) is 18.2. The van der Waals surface area contributed by atoms with Crippen LogP contribution in [0.2, 0.25) is 0 Å². The van der Waals surface area contributed by atoms with Crippen molar-refractivity contribution in [3.05, 3.63) is 57.8 Å². The van der Waals surface area contributed by atoms with Gasteiger partial charge in [-0.2, -0.15) is 0 Å². The number of nitrogens with zero attached hydrogens (tertiary/aromatic N) is 2. The average molecular weight is 329 g/mol. The van der Waals surface area contributed by atoms with Gasteiger partial charge in [0, 0.05) is 49.7 Å². The predicted molar refractivity (Wildman–Crippen MR) is 94.8 cm³/mol. The van der Waals surface area contributed by atoms with Gasteiger partial charge in [0.25, 0.3) is 5.91 Å². The van der Waals surface area contributed by atoms with Crippen molar-refractivity contribution in [2.24, 2.45) is 0 Å². The van der Waals surface area contributed by atoms with Crippen LogP contribution >= 0.6 is 11.3 Å². The van der Waals surface area contributed by atoms with Gasteiger partial charge >= 0.3 is 0 Å². The fraction of sp³-hybridized carbons (Fsp3) is 0.389. The zero-order valence-corrected chi connectivity index (χ0v) is 14.5. The molecular weight excluding hydrogens is 306 g/mol. The largest absolute Gasteiger partial charge is 0.355 e. The van der Waals surface area contributed by atoms with Crippen LogP contribution in [0.25, 0.3) is 0 Å². The van der Waals surface area contributed by atoms with Crippen LogP contribution in [0.15, 0.2) is 41.8 Å². The first kappa shape index (κ1) is 16.2. The molecule has 1 N–H and O–H groups in total.